The smallest absolute Gasteiger partial charge is 0.193 e. The Bertz CT molecular complexity index is 396. The standard InChI is InChI=1S/C8H10N6/c1-6-3-2-4-7(10-6)9-5-8-11-13-14-12-8/h2-4H,5H2,1H3,(H,9,10)(H,11,12,13,14). The first-order valence-corrected chi connectivity index (χ1v) is 4.24. The molecular formula is C8H10N6. The molecule has 0 amide bonds. The minimum atomic E-state index is 0.521. The van der Waals surface area contributed by atoms with Gasteiger partial charge in [-0.1, -0.05) is 11.3 Å². The van der Waals surface area contributed by atoms with Crippen molar-refractivity contribution in [1.82, 2.24) is 25.6 Å². The van der Waals surface area contributed by atoms with Gasteiger partial charge in [-0.05, 0) is 19.1 Å². The van der Waals surface area contributed by atoms with E-state index in [1.54, 1.807) is 0 Å². The van der Waals surface area contributed by atoms with Crippen LogP contribution in [0.5, 0.6) is 0 Å². The van der Waals surface area contributed by atoms with Gasteiger partial charge in [-0.3, -0.25) is 0 Å². The zero-order valence-corrected chi connectivity index (χ0v) is 7.73. The number of aromatic nitrogens is 5. The highest BCUT2D eigenvalue weighted by atomic mass is 15.5. The van der Waals surface area contributed by atoms with Crippen molar-refractivity contribution in [3.63, 3.8) is 0 Å². The number of nitrogens with zero attached hydrogens (tertiary/aromatic N) is 4. The summed E-state index contributed by atoms with van der Waals surface area (Å²) in [6.45, 7) is 2.46. The van der Waals surface area contributed by atoms with Gasteiger partial charge in [-0.15, -0.1) is 10.2 Å². The molecule has 6 nitrogen and oxygen atoms in total. The summed E-state index contributed by atoms with van der Waals surface area (Å²) >= 11 is 0. The summed E-state index contributed by atoms with van der Waals surface area (Å²) in [6, 6.07) is 5.79. The molecule has 0 bridgehead atoms. The highest BCUT2D eigenvalue weighted by Gasteiger charge is 1.98. The van der Waals surface area contributed by atoms with E-state index in [1.165, 1.54) is 0 Å². The number of hydrogen-bond donors (Lipinski definition) is 2. The van der Waals surface area contributed by atoms with Crippen LogP contribution in [0.4, 0.5) is 5.82 Å². The Kier molecular flexibility index (Phi) is 2.35. The molecule has 0 fully saturated rings. The van der Waals surface area contributed by atoms with Gasteiger partial charge in [0.1, 0.15) is 5.82 Å². The molecule has 0 atom stereocenters. The number of aryl methyl sites for hydroxylation is 1. The average Bonchev–Trinajstić information content (AvgIpc) is 2.67. The summed E-state index contributed by atoms with van der Waals surface area (Å²) in [7, 11) is 0. The third-order valence-corrected chi connectivity index (χ3v) is 1.71. The fourth-order valence-corrected chi connectivity index (χ4v) is 1.07. The summed E-state index contributed by atoms with van der Waals surface area (Å²) in [5, 5.41) is 16.6. The highest BCUT2D eigenvalue weighted by Crippen LogP contribution is 2.04. The van der Waals surface area contributed by atoms with E-state index >= 15 is 0 Å². The zero-order valence-electron chi connectivity index (χ0n) is 7.73. The number of aromatic amines is 1. The van der Waals surface area contributed by atoms with Crippen LogP contribution < -0.4 is 5.32 Å². The van der Waals surface area contributed by atoms with Crippen molar-refractivity contribution >= 4 is 5.82 Å². The summed E-state index contributed by atoms with van der Waals surface area (Å²) in [5.74, 6) is 1.43. The molecule has 0 saturated carbocycles. The fraction of sp³-hybridized carbons (Fsp3) is 0.250. The SMILES string of the molecule is Cc1cccc(NCc2nn[nH]n2)n1. The Labute approximate surface area is 80.8 Å². The van der Waals surface area contributed by atoms with E-state index in [4.69, 9.17) is 0 Å². The van der Waals surface area contributed by atoms with Crippen LogP contribution >= 0.6 is 0 Å². The van der Waals surface area contributed by atoms with Crippen molar-refractivity contribution in [2.45, 2.75) is 13.5 Å². The number of H-pyrrole nitrogens is 1. The molecule has 0 aliphatic carbocycles. The van der Waals surface area contributed by atoms with Crippen LogP contribution in [0.1, 0.15) is 11.5 Å². The third-order valence-electron chi connectivity index (χ3n) is 1.71. The Balaban J connectivity index is 1.98. The molecule has 2 heterocycles. The minimum Gasteiger partial charge on any atom is -0.363 e. The maximum Gasteiger partial charge on any atom is 0.193 e. The first kappa shape index (κ1) is 8.61. The molecule has 0 unspecified atom stereocenters. The second-order valence-corrected chi connectivity index (χ2v) is 2.85. The number of nitrogens with one attached hydrogen (secondary N) is 2. The first-order valence-electron chi connectivity index (χ1n) is 4.24. The van der Waals surface area contributed by atoms with Gasteiger partial charge in [0.25, 0.3) is 0 Å². The Hall–Kier alpha value is -1.98. The van der Waals surface area contributed by atoms with E-state index in [0.29, 0.717) is 12.4 Å². The van der Waals surface area contributed by atoms with Crippen LogP contribution in [0.3, 0.4) is 0 Å². The van der Waals surface area contributed by atoms with Gasteiger partial charge < -0.3 is 5.32 Å². The quantitative estimate of drug-likeness (QED) is 0.737. The number of pyridine rings is 1. The van der Waals surface area contributed by atoms with Gasteiger partial charge in [0.2, 0.25) is 0 Å². The molecule has 0 aliphatic heterocycles. The van der Waals surface area contributed by atoms with Gasteiger partial charge in [0.15, 0.2) is 5.82 Å². The predicted molar refractivity (Wildman–Crippen MR) is 50.5 cm³/mol. The molecule has 0 saturated heterocycles. The highest BCUT2D eigenvalue weighted by molar-refractivity contribution is 5.34. The molecule has 0 spiro atoms. The molecule has 2 N–H and O–H groups in total. The Morgan fingerprint density at radius 2 is 2.36 bits per heavy atom. The maximum absolute atomic E-state index is 4.28. The Morgan fingerprint density at radius 1 is 1.43 bits per heavy atom. The average molecular weight is 190 g/mol. The molecule has 6 heteroatoms. The van der Waals surface area contributed by atoms with Crippen molar-refractivity contribution in [2.24, 2.45) is 0 Å². The van der Waals surface area contributed by atoms with Crippen LogP contribution in [-0.4, -0.2) is 25.6 Å². The topological polar surface area (TPSA) is 79.4 Å². The van der Waals surface area contributed by atoms with E-state index in [2.05, 4.69) is 30.9 Å². The van der Waals surface area contributed by atoms with Crippen LogP contribution in [0.25, 0.3) is 0 Å². The molecular weight excluding hydrogens is 180 g/mol. The van der Waals surface area contributed by atoms with Gasteiger partial charge in [-0.25, -0.2) is 4.98 Å². The van der Waals surface area contributed by atoms with Crippen molar-refractivity contribution in [1.29, 1.82) is 0 Å². The van der Waals surface area contributed by atoms with Crippen LogP contribution in [0.2, 0.25) is 0 Å². The minimum absolute atomic E-state index is 0.521. The van der Waals surface area contributed by atoms with Crippen LogP contribution in [0.15, 0.2) is 18.2 Å². The second-order valence-electron chi connectivity index (χ2n) is 2.85. The van der Waals surface area contributed by atoms with Crippen LogP contribution in [0, 0.1) is 6.92 Å². The monoisotopic (exact) mass is 190 g/mol. The molecule has 72 valence electrons. The molecule has 2 rings (SSSR count). The largest absolute Gasteiger partial charge is 0.363 e. The molecule has 0 radical (unpaired) electrons. The van der Waals surface area contributed by atoms with Gasteiger partial charge in [0.05, 0.1) is 6.54 Å². The summed E-state index contributed by atoms with van der Waals surface area (Å²) in [6.07, 6.45) is 0. The lowest BCUT2D eigenvalue weighted by Gasteiger charge is -2.02. The predicted octanol–water partition coefficient (Wildman–Crippen LogP) is 0.515. The van der Waals surface area contributed by atoms with Gasteiger partial charge in [-0.2, -0.15) is 5.21 Å². The van der Waals surface area contributed by atoms with Crippen molar-refractivity contribution < 1.29 is 0 Å². The summed E-state index contributed by atoms with van der Waals surface area (Å²) in [4.78, 5) is 4.28. The van der Waals surface area contributed by atoms with E-state index in [9.17, 15) is 0 Å². The molecule has 2 aromatic rings. The number of rotatable bonds is 3. The van der Waals surface area contributed by atoms with E-state index in [-0.39, 0.29) is 0 Å². The molecule has 14 heavy (non-hydrogen) atoms. The zero-order chi connectivity index (χ0) is 9.80. The maximum atomic E-state index is 4.28. The second kappa shape index (κ2) is 3.82. The number of anilines is 1. The third kappa shape index (κ3) is 2.03. The van der Waals surface area contributed by atoms with Crippen LogP contribution in [-0.2, 0) is 6.54 Å². The summed E-state index contributed by atoms with van der Waals surface area (Å²) < 4.78 is 0. The lowest BCUT2D eigenvalue weighted by atomic mass is 10.4. The van der Waals surface area contributed by atoms with Crippen molar-refractivity contribution in [2.75, 3.05) is 5.32 Å². The molecule has 0 aromatic carbocycles. The first-order chi connectivity index (χ1) is 6.84. The van der Waals surface area contributed by atoms with Crippen molar-refractivity contribution in [3.05, 3.63) is 29.7 Å². The number of hydrogen-bond acceptors (Lipinski definition) is 5. The molecule has 0 aliphatic rings. The van der Waals surface area contributed by atoms with E-state index in [0.717, 1.165) is 11.5 Å². The van der Waals surface area contributed by atoms with E-state index < -0.39 is 0 Å². The lowest BCUT2D eigenvalue weighted by Crippen LogP contribution is -2.03. The van der Waals surface area contributed by atoms with Gasteiger partial charge >= 0.3 is 0 Å². The van der Waals surface area contributed by atoms with Gasteiger partial charge in [0, 0.05) is 5.69 Å². The van der Waals surface area contributed by atoms with Crippen molar-refractivity contribution in [3.8, 4) is 0 Å². The van der Waals surface area contributed by atoms with E-state index in [1.807, 2.05) is 25.1 Å². The molecule has 2 aromatic heterocycles. The number of tetrazole rings is 1. The fourth-order valence-electron chi connectivity index (χ4n) is 1.07. The Morgan fingerprint density at radius 3 is 3.07 bits per heavy atom. The summed E-state index contributed by atoms with van der Waals surface area (Å²) in [5.41, 5.74) is 0.975. The normalized spacial score (nSPS) is 10.1. The lowest BCUT2D eigenvalue weighted by molar-refractivity contribution is 0.881.